The van der Waals surface area contributed by atoms with Crippen LogP contribution in [0.4, 0.5) is 11.4 Å². The van der Waals surface area contributed by atoms with Gasteiger partial charge in [0.2, 0.25) is 0 Å². The van der Waals surface area contributed by atoms with Gasteiger partial charge in [0, 0.05) is 30.6 Å². The second-order valence-electron chi connectivity index (χ2n) is 8.55. The van der Waals surface area contributed by atoms with Crippen molar-refractivity contribution in [1.29, 1.82) is 0 Å². The maximum absolute atomic E-state index is 13.0. The van der Waals surface area contributed by atoms with Gasteiger partial charge in [-0.15, -0.1) is 11.8 Å². The fourth-order valence-electron chi connectivity index (χ4n) is 4.11. The van der Waals surface area contributed by atoms with E-state index in [-0.39, 0.29) is 16.7 Å². The van der Waals surface area contributed by atoms with E-state index in [4.69, 9.17) is 0 Å². The van der Waals surface area contributed by atoms with Crippen LogP contribution in [0, 0.1) is 0 Å². The smallest absolute Gasteiger partial charge is 0.264 e. The fourth-order valence-corrected chi connectivity index (χ4v) is 5.71. The average molecular weight is 524 g/mol. The van der Waals surface area contributed by atoms with E-state index >= 15 is 0 Å². The Labute approximate surface area is 216 Å². The van der Waals surface area contributed by atoms with Gasteiger partial charge in [-0.2, -0.15) is 0 Å². The molecule has 3 aromatic rings. The molecule has 0 radical (unpaired) electrons. The number of carbonyl (C=O) groups is 2. The van der Waals surface area contributed by atoms with Gasteiger partial charge in [0.05, 0.1) is 21.8 Å². The van der Waals surface area contributed by atoms with E-state index in [9.17, 15) is 18.0 Å². The van der Waals surface area contributed by atoms with Crippen molar-refractivity contribution < 1.29 is 18.0 Å². The molecule has 0 bridgehead atoms. The molecule has 1 fully saturated rings. The van der Waals surface area contributed by atoms with Crippen molar-refractivity contribution in [2.45, 2.75) is 29.1 Å². The summed E-state index contributed by atoms with van der Waals surface area (Å²) in [6.45, 7) is 1.45. The second kappa shape index (κ2) is 11.2. The normalized spacial score (nSPS) is 13.8. The molecule has 1 N–H and O–H groups in total. The van der Waals surface area contributed by atoms with Crippen molar-refractivity contribution in [3.8, 4) is 0 Å². The number of rotatable bonds is 7. The Bertz CT molecular complexity index is 1330. The lowest BCUT2D eigenvalue weighted by atomic mass is 10.1. The maximum Gasteiger partial charge on any atom is 0.264 e. The summed E-state index contributed by atoms with van der Waals surface area (Å²) in [5, 5.41) is 2.84. The van der Waals surface area contributed by atoms with Crippen LogP contribution in [-0.2, 0) is 10.0 Å². The number of para-hydroxylation sites is 1. The Morgan fingerprint density at radius 2 is 1.53 bits per heavy atom. The third-order valence-corrected chi connectivity index (χ3v) is 8.80. The minimum Gasteiger partial charge on any atom is -0.339 e. The molecule has 2 amide bonds. The van der Waals surface area contributed by atoms with Crippen LogP contribution in [0.5, 0.6) is 0 Å². The van der Waals surface area contributed by atoms with E-state index < -0.39 is 10.0 Å². The van der Waals surface area contributed by atoms with Gasteiger partial charge in [0.15, 0.2) is 0 Å². The first-order chi connectivity index (χ1) is 17.3. The largest absolute Gasteiger partial charge is 0.339 e. The zero-order chi connectivity index (χ0) is 25.7. The lowest BCUT2D eigenvalue weighted by Gasteiger charge is -2.27. The van der Waals surface area contributed by atoms with Gasteiger partial charge in [-0.05, 0) is 86.2 Å². The molecule has 1 heterocycles. The summed E-state index contributed by atoms with van der Waals surface area (Å²) in [6.07, 6.45) is 5.03. The number of piperidine rings is 1. The highest BCUT2D eigenvalue weighted by atomic mass is 32.2. The summed E-state index contributed by atoms with van der Waals surface area (Å²) < 4.78 is 27.2. The first kappa shape index (κ1) is 25.8. The molecular formula is C27H29N3O4S2. The SMILES string of the molecule is CSc1ccc(S(=O)(=O)N(C)c2ccc(C(=O)Nc3ccccc3C(=O)N3CCCCC3)cc2)cc1. The van der Waals surface area contributed by atoms with E-state index in [0.29, 0.717) is 22.5 Å². The van der Waals surface area contributed by atoms with Gasteiger partial charge in [-0.1, -0.05) is 12.1 Å². The molecule has 0 saturated carbocycles. The van der Waals surface area contributed by atoms with Gasteiger partial charge in [-0.25, -0.2) is 8.42 Å². The van der Waals surface area contributed by atoms with Crippen LogP contribution in [0.15, 0.2) is 82.6 Å². The highest BCUT2D eigenvalue weighted by Gasteiger charge is 2.23. The number of nitrogens with zero attached hydrogens (tertiary/aromatic N) is 2. The number of benzene rings is 3. The van der Waals surface area contributed by atoms with Crippen LogP contribution in [0.25, 0.3) is 0 Å². The van der Waals surface area contributed by atoms with E-state index in [1.807, 2.05) is 11.2 Å². The molecule has 0 aromatic heterocycles. The number of anilines is 2. The number of hydrogen-bond acceptors (Lipinski definition) is 5. The summed E-state index contributed by atoms with van der Waals surface area (Å²) in [4.78, 5) is 29.0. The monoisotopic (exact) mass is 523 g/mol. The molecule has 7 nitrogen and oxygen atoms in total. The van der Waals surface area contributed by atoms with E-state index in [1.54, 1.807) is 72.8 Å². The van der Waals surface area contributed by atoms with Crippen LogP contribution in [0.1, 0.15) is 40.0 Å². The molecule has 3 aromatic carbocycles. The van der Waals surface area contributed by atoms with Gasteiger partial charge in [0.25, 0.3) is 21.8 Å². The van der Waals surface area contributed by atoms with E-state index in [1.165, 1.54) is 23.1 Å². The molecule has 4 rings (SSSR count). The molecule has 9 heteroatoms. The predicted molar refractivity (Wildman–Crippen MR) is 144 cm³/mol. The molecule has 1 saturated heterocycles. The Hall–Kier alpha value is -3.30. The van der Waals surface area contributed by atoms with Gasteiger partial charge in [-0.3, -0.25) is 13.9 Å². The van der Waals surface area contributed by atoms with Gasteiger partial charge in [0.1, 0.15) is 0 Å². The molecule has 188 valence electrons. The second-order valence-corrected chi connectivity index (χ2v) is 11.4. The lowest BCUT2D eigenvalue weighted by molar-refractivity contribution is 0.0725. The van der Waals surface area contributed by atoms with E-state index in [2.05, 4.69) is 5.32 Å². The van der Waals surface area contributed by atoms with Crippen molar-refractivity contribution in [1.82, 2.24) is 4.90 Å². The summed E-state index contributed by atoms with van der Waals surface area (Å²) in [7, 11) is -2.26. The molecule has 0 unspecified atom stereocenters. The van der Waals surface area contributed by atoms with Gasteiger partial charge < -0.3 is 10.2 Å². The maximum atomic E-state index is 13.0. The van der Waals surface area contributed by atoms with Crippen molar-refractivity contribution in [3.05, 3.63) is 83.9 Å². The van der Waals surface area contributed by atoms with Crippen LogP contribution in [0.2, 0.25) is 0 Å². The molecule has 1 aliphatic heterocycles. The zero-order valence-electron chi connectivity index (χ0n) is 20.3. The summed E-state index contributed by atoms with van der Waals surface area (Å²) in [5.74, 6) is -0.461. The quantitative estimate of drug-likeness (QED) is 0.435. The Kier molecular flexibility index (Phi) is 8.01. The van der Waals surface area contributed by atoms with Gasteiger partial charge >= 0.3 is 0 Å². The Morgan fingerprint density at radius 3 is 2.17 bits per heavy atom. The number of nitrogens with one attached hydrogen (secondary N) is 1. The topological polar surface area (TPSA) is 86.8 Å². The molecule has 36 heavy (non-hydrogen) atoms. The molecule has 0 aliphatic carbocycles. The Morgan fingerprint density at radius 1 is 0.889 bits per heavy atom. The summed E-state index contributed by atoms with van der Waals surface area (Å²) in [6, 6.07) is 20.0. The molecular weight excluding hydrogens is 494 g/mol. The molecule has 1 aliphatic rings. The summed E-state index contributed by atoms with van der Waals surface area (Å²) >= 11 is 1.54. The number of amides is 2. The number of hydrogen-bond donors (Lipinski definition) is 1. The zero-order valence-corrected chi connectivity index (χ0v) is 21.9. The standard InChI is InChI=1S/C27H29N3O4S2/c1-29(36(33,34)23-16-14-22(35-2)15-17-23)21-12-10-20(11-13-21)26(31)28-25-9-5-4-8-24(25)27(32)30-18-6-3-7-19-30/h4-5,8-17H,3,6-7,18-19H2,1-2H3,(H,28,31). The third kappa shape index (κ3) is 5.57. The highest BCUT2D eigenvalue weighted by Crippen LogP contribution is 2.25. The number of sulfonamides is 1. The number of carbonyl (C=O) groups excluding carboxylic acids is 2. The van der Waals surface area contributed by atoms with Crippen LogP contribution in [-0.4, -0.2) is 51.5 Å². The van der Waals surface area contributed by atoms with Crippen LogP contribution >= 0.6 is 11.8 Å². The molecule has 0 atom stereocenters. The lowest BCUT2D eigenvalue weighted by Crippen LogP contribution is -2.36. The summed E-state index contributed by atoms with van der Waals surface area (Å²) in [5.41, 5.74) is 1.70. The average Bonchev–Trinajstić information content (AvgIpc) is 2.93. The minimum atomic E-state index is -3.74. The van der Waals surface area contributed by atoms with Crippen molar-refractivity contribution in [2.75, 3.05) is 36.0 Å². The first-order valence-electron chi connectivity index (χ1n) is 11.7. The van der Waals surface area contributed by atoms with E-state index in [0.717, 1.165) is 37.2 Å². The Balaban J connectivity index is 1.48. The molecule has 0 spiro atoms. The van der Waals surface area contributed by atoms with Crippen molar-refractivity contribution >= 4 is 45.0 Å². The van der Waals surface area contributed by atoms with Crippen molar-refractivity contribution in [3.63, 3.8) is 0 Å². The minimum absolute atomic E-state index is 0.0849. The fraction of sp³-hybridized carbons (Fsp3) is 0.259. The first-order valence-corrected chi connectivity index (χ1v) is 14.4. The highest BCUT2D eigenvalue weighted by molar-refractivity contribution is 7.98. The number of thioether (sulfide) groups is 1. The predicted octanol–water partition coefficient (Wildman–Crippen LogP) is 5.11. The van der Waals surface area contributed by atoms with Crippen molar-refractivity contribution in [2.24, 2.45) is 0 Å². The third-order valence-electron chi connectivity index (χ3n) is 6.26. The number of likely N-dealkylation sites (tertiary alicyclic amines) is 1. The van der Waals surface area contributed by atoms with Crippen LogP contribution < -0.4 is 9.62 Å². The van der Waals surface area contributed by atoms with Crippen LogP contribution in [0.3, 0.4) is 0 Å².